The van der Waals surface area contributed by atoms with Gasteiger partial charge < -0.3 is 30.9 Å². The van der Waals surface area contributed by atoms with Gasteiger partial charge in [-0.25, -0.2) is 4.79 Å². The van der Waals surface area contributed by atoms with Crippen LogP contribution in [0.25, 0.3) is 0 Å². The van der Waals surface area contributed by atoms with E-state index in [2.05, 4.69) is 0 Å². The third-order valence-corrected chi connectivity index (χ3v) is 7.25. The van der Waals surface area contributed by atoms with Crippen LogP contribution in [0.4, 0.5) is 0 Å². The number of Topliss-reactive ketones (excluding diaryl/α,β-unsaturated/α-hetero) is 1. The van der Waals surface area contributed by atoms with Gasteiger partial charge in [0.2, 0.25) is 0 Å². The zero-order valence-corrected chi connectivity index (χ0v) is 18.8. The highest BCUT2D eigenvalue weighted by molar-refractivity contribution is 6.32. The Morgan fingerprint density at radius 3 is 2.45 bits per heavy atom. The number of hydrogen-bond acceptors (Lipinski definition) is 9. The van der Waals surface area contributed by atoms with Crippen LogP contribution in [0.2, 0.25) is 5.02 Å². The first kappa shape index (κ1) is 23.1. The maximum absolute atomic E-state index is 13.1. The molecule has 5 atom stereocenters. The van der Waals surface area contributed by atoms with Crippen molar-refractivity contribution in [3.63, 3.8) is 0 Å². The normalized spacial score (nSPS) is 33.5. The van der Waals surface area contributed by atoms with Crippen molar-refractivity contribution in [2.75, 3.05) is 14.1 Å². The minimum Gasteiger partial charge on any atom is -0.509 e. The molecule has 33 heavy (non-hydrogen) atoms. The Kier molecular flexibility index (Phi) is 5.04. The number of rotatable bonds is 3. The zero-order valence-electron chi connectivity index (χ0n) is 18.0. The van der Waals surface area contributed by atoms with Gasteiger partial charge in [-0.15, -0.1) is 0 Å². The Hall–Kier alpha value is -3.08. The zero-order chi connectivity index (χ0) is 24.6. The van der Waals surface area contributed by atoms with Gasteiger partial charge in [0.25, 0.3) is 5.91 Å². The van der Waals surface area contributed by atoms with Gasteiger partial charge in [0, 0.05) is 22.4 Å². The van der Waals surface area contributed by atoms with E-state index in [9.17, 15) is 34.8 Å². The Morgan fingerprint density at radius 2 is 1.88 bits per heavy atom. The van der Waals surface area contributed by atoms with Gasteiger partial charge in [0.15, 0.2) is 11.4 Å². The second-order valence-corrected chi connectivity index (χ2v) is 9.35. The predicted octanol–water partition coefficient (Wildman–Crippen LogP) is 1.05. The van der Waals surface area contributed by atoms with E-state index in [-0.39, 0.29) is 28.3 Å². The van der Waals surface area contributed by atoms with Crippen LogP contribution in [0.3, 0.4) is 0 Å². The molecule has 1 aliphatic heterocycles. The van der Waals surface area contributed by atoms with Crippen molar-refractivity contribution in [1.29, 1.82) is 0 Å². The van der Waals surface area contributed by atoms with Crippen molar-refractivity contribution < 1.29 is 39.5 Å². The van der Waals surface area contributed by atoms with E-state index >= 15 is 0 Å². The second-order valence-electron chi connectivity index (χ2n) is 8.94. The van der Waals surface area contributed by atoms with Crippen molar-refractivity contribution in [3.8, 4) is 5.75 Å². The molecule has 0 aromatic heterocycles. The smallest absolute Gasteiger partial charge is 0.343 e. The molecule has 176 valence electrons. The van der Waals surface area contributed by atoms with Crippen LogP contribution in [0.15, 0.2) is 35.3 Å². The molecule has 3 aliphatic rings. The lowest BCUT2D eigenvalue weighted by Gasteiger charge is -2.50. The molecule has 11 heteroatoms. The third kappa shape index (κ3) is 2.91. The van der Waals surface area contributed by atoms with Crippen molar-refractivity contribution in [2.24, 2.45) is 17.6 Å². The summed E-state index contributed by atoms with van der Waals surface area (Å²) in [6.07, 6.45) is 1.12. The fourth-order valence-corrected chi connectivity index (χ4v) is 5.69. The number of carbonyl (C=O) groups is 3. The van der Waals surface area contributed by atoms with Crippen LogP contribution in [-0.2, 0) is 19.9 Å². The minimum absolute atomic E-state index is 0.0690. The number of amides is 1. The lowest BCUT2D eigenvalue weighted by molar-refractivity contribution is -0.139. The molecule has 10 nitrogen and oxygen atoms in total. The molecule has 1 aromatic carbocycles. The number of cyclic esters (lactones) is 1. The summed E-state index contributed by atoms with van der Waals surface area (Å²) in [6, 6.07) is 1.52. The molecule has 1 amide bonds. The van der Waals surface area contributed by atoms with Gasteiger partial charge in [-0.05, 0) is 45.6 Å². The fraction of sp³-hybridized carbons (Fsp3) is 0.409. The number of primary amides is 1. The number of fused-ring (bicyclic) bond motifs is 2. The number of ketones is 1. The van der Waals surface area contributed by atoms with Crippen LogP contribution in [0, 0.1) is 11.8 Å². The molecular formula is C22H23ClN2O8. The molecule has 6 N–H and O–H groups in total. The molecule has 4 rings (SSSR count). The molecule has 0 saturated carbocycles. The number of likely N-dealkylation sites (N-methyl/N-ethyl adjacent to an activating group) is 1. The SMILES string of the molecule is CN(C)[C@@H]1C(=O)C(C(N)=O)=C(O)[C@@]2(O)C(O)=CC(C3(C)OC(=O)c4c(O)ccc(Cl)c43)CC12. The number of ether oxygens (including phenoxy) is 1. The van der Waals surface area contributed by atoms with Crippen molar-refractivity contribution in [3.05, 3.63) is 51.4 Å². The van der Waals surface area contributed by atoms with Gasteiger partial charge in [-0.1, -0.05) is 11.6 Å². The lowest BCUT2D eigenvalue weighted by Crippen LogP contribution is -2.62. The molecule has 0 radical (unpaired) electrons. The average Bonchev–Trinajstić information content (AvgIpc) is 2.99. The number of aliphatic hydroxyl groups excluding tert-OH is 2. The molecule has 1 heterocycles. The number of phenols is 1. The standard InChI is InChI=1S/C22H23ClN2O8/c1-21(15-10(23)4-5-11(26)13(15)20(31)33-21)8-6-9-16(25(2)3)17(28)14(19(24)30)18(29)22(9,32)12(27)7-8/h4-5,7-9,16,26-27,29,32H,6H2,1-3H3,(H2,24,30)/t8?,9?,16-,21?,22-/m0/s1. The number of phenolic OH excluding ortho intramolecular Hbond substituents is 1. The summed E-state index contributed by atoms with van der Waals surface area (Å²) in [6.45, 7) is 1.54. The number of esters is 1. The number of carbonyl (C=O) groups excluding carboxylic acids is 3. The number of aromatic hydroxyl groups is 1. The monoisotopic (exact) mass is 478 g/mol. The number of aliphatic hydroxyl groups is 3. The van der Waals surface area contributed by atoms with E-state index in [0.717, 1.165) is 0 Å². The quantitative estimate of drug-likeness (QED) is 0.314. The highest BCUT2D eigenvalue weighted by atomic mass is 35.5. The highest BCUT2D eigenvalue weighted by Gasteiger charge is 2.62. The van der Waals surface area contributed by atoms with Crippen LogP contribution < -0.4 is 5.73 Å². The predicted molar refractivity (Wildman–Crippen MR) is 114 cm³/mol. The Balaban J connectivity index is 1.92. The molecule has 1 aromatic rings. The lowest BCUT2D eigenvalue weighted by atomic mass is 9.61. The molecular weight excluding hydrogens is 456 g/mol. The third-order valence-electron chi connectivity index (χ3n) is 6.94. The van der Waals surface area contributed by atoms with E-state index < -0.39 is 63.8 Å². The Bertz CT molecular complexity index is 1180. The van der Waals surface area contributed by atoms with E-state index in [0.29, 0.717) is 0 Å². The maximum atomic E-state index is 13.1. The van der Waals surface area contributed by atoms with Gasteiger partial charge >= 0.3 is 5.97 Å². The molecule has 0 spiro atoms. The highest BCUT2D eigenvalue weighted by Crippen LogP contribution is 2.55. The van der Waals surface area contributed by atoms with E-state index in [1.807, 2.05) is 0 Å². The summed E-state index contributed by atoms with van der Waals surface area (Å²) in [4.78, 5) is 39.0. The molecule has 3 unspecified atom stereocenters. The molecule has 0 bridgehead atoms. The van der Waals surface area contributed by atoms with E-state index in [4.69, 9.17) is 22.1 Å². The molecule has 2 aliphatic carbocycles. The van der Waals surface area contributed by atoms with Crippen LogP contribution >= 0.6 is 11.6 Å². The van der Waals surface area contributed by atoms with E-state index in [1.165, 1.54) is 37.2 Å². The number of benzene rings is 1. The summed E-state index contributed by atoms with van der Waals surface area (Å²) in [5.74, 6) is -6.92. The summed E-state index contributed by atoms with van der Waals surface area (Å²) in [7, 11) is 3.08. The largest absolute Gasteiger partial charge is 0.509 e. The van der Waals surface area contributed by atoms with E-state index in [1.54, 1.807) is 6.92 Å². The maximum Gasteiger partial charge on any atom is 0.343 e. The first-order valence-corrected chi connectivity index (χ1v) is 10.5. The molecule has 0 saturated heterocycles. The summed E-state index contributed by atoms with van der Waals surface area (Å²) >= 11 is 6.35. The minimum atomic E-state index is -2.46. The van der Waals surface area contributed by atoms with Crippen LogP contribution in [0.5, 0.6) is 5.75 Å². The number of halogens is 1. The Labute approximate surface area is 193 Å². The first-order chi connectivity index (χ1) is 15.3. The van der Waals surface area contributed by atoms with Crippen molar-refractivity contribution in [1.82, 2.24) is 4.90 Å². The number of nitrogens with zero attached hydrogens (tertiary/aromatic N) is 1. The molecule has 0 fully saturated rings. The van der Waals surface area contributed by atoms with Crippen molar-refractivity contribution in [2.45, 2.75) is 30.6 Å². The van der Waals surface area contributed by atoms with Crippen LogP contribution in [-0.4, -0.2) is 68.7 Å². The summed E-state index contributed by atoms with van der Waals surface area (Å²) in [5.41, 5.74) is 0.648. The number of nitrogens with two attached hydrogens (primary N) is 1. The van der Waals surface area contributed by atoms with Crippen LogP contribution in [0.1, 0.15) is 29.3 Å². The second kappa shape index (κ2) is 7.21. The van der Waals surface area contributed by atoms with Gasteiger partial charge in [-0.2, -0.15) is 0 Å². The summed E-state index contributed by atoms with van der Waals surface area (Å²) in [5, 5.41) is 43.3. The summed E-state index contributed by atoms with van der Waals surface area (Å²) < 4.78 is 5.62. The average molecular weight is 479 g/mol. The van der Waals surface area contributed by atoms with Gasteiger partial charge in [0.1, 0.15) is 34.0 Å². The fourth-order valence-electron chi connectivity index (χ4n) is 5.34. The van der Waals surface area contributed by atoms with Crippen molar-refractivity contribution >= 4 is 29.3 Å². The van der Waals surface area contributed by atoms with Gasteiger partial charge in [-0.3, -0.25) is 14.5 Å². The topological polar surface area (TPSA) is 171 Å². The number of hydrogen-bond donors (Lipinski definition) is 5. The first-order valence-electron chi connectivity index (χ1n) is 10.1. The Morgan fingerprint density at radius 1 is 1.24 bits per heavy atom. The van der Waals surface area contributed by atoms with Gasteiger partial charge in [0.05, 0.1) is 6.04 Å².